The van der Waals surface area contributed by atoms with E-state index in [1.807, 2.05) is 12.1 Å². The number of carboxylic acid groups (broad SMARTS) is 1. The second-order valence-corrected chi connectivity index (χ2v) is 6.70. The van der Waals surface area contributed by atoms with Crippen LogP contribution in [-0.2, 0) is 4.79 Å². The lowest BCUT2D eigenvalue weighted by Gasteiger charge is -2.19. The number of amides is 2. The van der Waals surface area contributed by atoms with Crippen LogP contribution in [0.3, 0.4) is 0 Å². The number of aromatic nitrogens is 1. The zero-order valence-corrected chi connectivity index (χ0v) is 14.9. The molecule has 9 heteroatoms. The molecule has 6 nitrogen and oxygen atoms in total. The number of urea groups is 1. The number of hydrogen-bond donors (Lipinski definition) is 2. The Hall–Kier alpha value is -3.10. The number of carboxylic acids is 1. The summed E-state index contributed by atoms with van der Waals surface area (Å²) in [5, 5.41) is 11.7. The van der Waals surface area contributed by atoms with Crippen LogP contribution in [0.4, 0.5) is 23.7 Å². The molecule has 0 aliphatic carbocycles. The van der Waals surface area contributed by atoms with Crippen molar-refractivity contribution in [2.75, 3.05) is 18.4 Å². The van der Waals surface area contributed by atoms with E-state index in [4.69, 9.17) is 5.11 Å². The molecule has 2 heterocycles. The van der Waals surface area contributed by atoms with Crippen molar-refractivity contribution < 1.29 is 27.9 Å². The van der Waals surface area contributed by atoms with Gasteiger partial charge in [0, 0.05) is 36.7 Å². The molecular formula is C19H18F3N3O3. The van der Waals surface area contributed by atoms with Crippen LogP contribution in [-0.4, -0.2) is 46.3 Å². The SMILES string of the molecule is Cc1ccc(-c2cccnc2)cc1NC(=O)N1C[C@@H](C(F)(F)F)[C@H](C(=O)O)C1. The van der Waals surface area contributed by atoms with Gasteiger partial charge in [0.2, 0.25) is 0 Å². The van der Waals surface area contributed by atoms with Crippen LogP contribution in [0.15, 0.2) is 42.7 Å². The van der Waals surface area contributed by atoms with Crippen LogP contribution in [0, 0.1) is 18.8 Å². The second kappa shape index (κ2) is 7.49. The van der Waals surface area contributed by atoms with E-state index in [9.17, 15) is 22.8 Å². The van der Waals surface area contributed by atoms with Gasteiger partial charge in [-0.15, -0.1) is 0 Å². The standard InChI is InChI=1S/C19H18F3N3O3/c1-11-4-5-12(13-3-2-6-23-8-13)7-16(11)24-18(28)25-9-14(17(26)27)15(10-25)19(20,21)22/h2-8,14-15H,9-10H2,1H3,(H,24,28)(H,26,27)/t14-,15-/m1/s1. The van der Waals surface area contributed by atoms with Crippen molar-refractivity contribution in [1.82, 2.24) is 9.88 Å². The Labute approximate surface area is 159 Å². The average molecular weight is 393 g/mol. The molecule has 2 aromatic rings. The van der Waals surface area contributed by atoms with Gasteiger partial charge in [0.1, 0.15) is 0 Å². The highest BCUT2D eigenvalue weighted by Crippen LogP contribution is 2.38. The number of hydrogen-bond acceptors (Lipinski definition) is 3. The van der Waals surface area contributed by atoms with Crippen LogP contribution in [0.25, 0.3) is 11.1 Å². The van der Waals surface area contributed by atoms with Gasteiger partial charge in [-0.3, -0.25) is 9.78 Å². The molecule has 2 amide bonds. The highest BCUT2D eigenvalue weighted by molar-refractivity contribution is 5.92. The lowest BCUT2D eigenvalue weighted by Crippen LogP contribution is -2.35. The minimum Gasteiger partial charge on any atom is -0.481 e. The van der Waals surface area contributed by atoms with Crippen LogP contribution in [0.1, 0.15) is 5.56 Å². The maximum absolute atomic E-state index is 13.1. The largest absolute Gasteiger partial charge is 0.481 e. The fourth-order valence-electron chi connectivity index (χ4n) is 3.22. The molecule has 0 bridgehead atoms. The third-order valence-electron chi connectivity index (χ3n) is 4.82. The lowest BCUT2D eigenvalue weighted by atomic mass is 9.96. The Morgan fingerprint density at radius 1 is 1.21 bits per heavy atom. The van der Waals surface area contributed by atoms with Crippen LogP contribution in [0.5, 0.6) is 0 Å². The topological polar surface area (TPSA) is 82.5 Å². The maximum Gasteiger partial charge on any atom is 0.394 e. The van der Waals surface area contributed by atoms with E-state index in [2.05, 4.69) is 10.3 Å². The lowest BCUT2D eigenvalue weighted by molar-refractivity contribution is -0.187. The number of carbonyl (C=O) groups is 2. The Bertz CT molecular complexity index is 887. The van der Waals surface area contributed by atoms with E-state index in [0.29, 0.717) is 5.69 Å². The summed E-state index contributed by atoms with van der Waals surface area (Å²) in [6.45, 7) is 0.575. The first-order valence-electron chi connectivity index (χ1n) is 8.53. The van der Waals surface area contributed by atoms with Crippen LogP contribution < -0.4 is 5.32 Å². The monoisotopic (exact) mass is 393 g/mol. The van der Waals surface area contributed by atoms with E-state index >= 15 is 0 Å². The van der Waals surface area contributed by atoms with Gasteiger partial charge in [0.15, 0.2) is 0 Å². The van der Waals surface area contributed by atoms with Gasteiger partial charge in [-0.25, -0.2) is 4.79 Å². The number of alkyl halides is 3. The quantitative estimate of drug-likeness (QED) is 0.831. The zero-order valence-electron chi connectivity index (χ0n) is 14.9. The number of rotatable bonds is 3. The van der Waals surface area contributed by atoms with Crippen molar-refractivity contribution in [3.8, 4) is 11.1 Å². The molecular weight excluding hydrogens is 375 g/mol. The van der Waals surface area contributed by atoms with Gasteiger partial charge in [0.05, 0.1) is 11.8 Å². The Morgan fingerprint density at radius 3 is 2.54 bits per heavy atom. The van der Waals surface area contributed by atoms with Crippen molar-refractivity contribution in [2.45, 2.75) is 13.1 Å². The fraction of sp³-hybridized carbons (Fsp3) is 0.316. The summed E-state index contributed by atoms with van der Waals surface area (Å²) in [6.07, 6.45) is -1.40. The molecule has 2 N–H and O–H groups in total. The highest BCUT2D eigenvalue weighted by atomic mass is 19.4. The molecule has 1 aromatic heterocycles. The molecule has 0 spiro atoms. The van der Waals surface area contributed by atoms with E-state index in [0.717, 1.165) is 21.6 Å². The molecule has 28 heavy (non-hydrogen) atoms. The number of likely N-dealkylation sites (tertiary alicyclic amines) is 1. The number of anilines is 1. The third kappa shape index (κ3) is 4.08. The van der Waals surface area contributed by atoms with E-state index in [1.165, 1.54) is 0 Å². The minimum atomic E-state index is -4.69. The van der Waals surface area contributed by atoms with Crippen LogP contribution >= 0.6 is 0 Å². The summed E-state index contributed by atoms with van der Waals surface area (Å²) in [5.41, 5.74) is 2.77. The van der Waals surface area contributed by atoms with Crippen LogP contribution in [0.2, 0.25) is 0 Å². The number of pyridine rings is 1. The number of carbonyl (C=O) groups excluding carboxylic acids is 1. The summed E-state index contributed by atoms with van der Waals surface area (Å²) in [7, 11) is 0. The Morgan fingerprint density at radius 2 is 1.96 bits per heavy atom. The number of nitrogens with zero attached hydrogens (tertiary/aromatic N) is 2. The van der Waals surface area contributed by atoms with Crippen molar-refractivity contribution >= 4 is 17.7 Å². The summed E-state index contributed by atoms with van der Waals surface area (Å²) < 4.78 is 39.3. The number of aryl methyl sites for hydroxylation is 1. The molecule has 1 fully saturated rings. The van der Waals surface area contributed by atoms with Crippen molar-refractivity contribution in [1.29, 1.82) is 0 Å². The molecule has 0 radical (unpaired) electrons. The number of aliphatic carboxylic acids is 1. The number of benzene rings is 1. The summed E-state index contributed by atoms with van der Waals surface area (Å²) in [5.74, 6) is -5.32. The van der Waals surface area contributed by atoms with Gasteiger partial charge >= 0.3 is 18.2 Å². The first kappa shape index (κ1) is 19.7. The third-order valence-corrected chi connectivity index (χ3v) is 4.82. The van der Waals surface area contributed by atoms with Crippen molar-refractivity contribution in [2.24, 2.45) is 11.8 Å². The predicted octanol–water partition coefficient (Wildman–Crippen LogP) is 3.78. The maximum atomic E-state index is 13.1. The number of halogens is 3. The Balaban J connectivity index is 1.79. The number of nitrogens with one attached hydrogen (secondary N) is 1. The van der Waals surface area contributed by atoms with Crippen molar-refractivity contribution in [3.63, 3.8) is 0 Å². The normalized spacial score (nSPS) is 19.5. The predicted molar refractivity (Wildman–Crippen MR) is 95.7 cm³/mol. The van der Waals surface area contributed by atoms with Gasteiger partial charge in [-0.2, -0.15) is 13.2 Å². The molecule has 2 atom stereocenters. The summed E-state index contributed by atoms with van der Waals surface area (Å²) in [4.78, 5) is 28.6. The molecule has 1 aromatic carbocycles. The summed E-state index contributed by atoms with van der Waals surface area (Å²) in [6, 6.07) is 8.18. The molecule has 3 rings (SSSR count). The molecule has 1 aliphatic heterocycles. The van der Waals surface area contributed by atoms with Gasteiger partial charge < -0.3 is 15.3 Å². The highest BCUT2D eigenvalue weighted by Gasteiger charge is 2.53. The first-order chi connectivity index (χ1) is 13.2. The molecule has 1 saturated heterocycles. The average Bonchev–Trinajstić information content (AvgIpc) is 3.11. The fourth-order valence-corrected chi connectivity index (χ4v) is 3.22. The molecule has 1 aliphatic rings. The zero-order chi connectivity index (χ0) is 20.5. The molecule has 148 valence electrons. The minimum absolute atomic E-state index is 0.439. The van der Waals surface area contributed by atoms with E-state index in [-0.39, 0.29) is 0 Å². The second-order valence-electron chi connectivity index (χ2n) is 6.70. The van der Waals surface area contributed by atoms with E-state index in [1.54, 1.807) is 37.5 Å². The van der Waals surface area contributed by atoms with Gasteiger partial charge in [-0.1, -0.05) is 18.2 Å². The first-order valence-corrected chi connectivity index (χ1v) is 8.53. The smallest absolute Gasteiger partial charge is 0.394 e. The Kier molecular flexibility index (Phi) is 5.26. The molecule has 0 saturated carbocycles. The van der Waals surface area contributed by atoms with Crippen molar-refractivity contribution in [3.05, 3.63) is 48.3 Å². The molecule has 0 unspecified atom stereocenters. The van der Waals surface area contributed by atoms with Gasteiger partial charge in [-0.05, 0) is 30.2 Å². The summed E-state index contributed by atoms with van der Waals surface area (Å²) >= 11 is 0. The van der Waals surface area contributed by atoms with E-state index < -0.39 is 43.1 Å². The van der Waals surface area contributed by atoms with Gasteiger partial charge in [0.25, 0.3) is 0 Å².